The summed E-state index contributed by atoms with van der Waals surface area (Å²) in [6, 6.07) is 15.2. The van der Waals surface area contributed by atoms with E-state index in [-0.39, 0.29) is 15.9 Å². The molecule has 174 valence electrons. The standard InChI is InChI=1S/C24H19Cl2N3O4S/c1-12-3-7-21-18(9-12)28-23(33-21)16-6-5-15(11-19(16)30)27-24(34)29-22(31)13(2)32-20-8-4-14(25)10-17(20)26/h3-11,13,30H,1-2H3,(H2,27,29,31,34). The lowest BCUT2D eigenvalue weighted by Crippen LogP contribution is -2.42. The van der Waals surface area contributed by atoms with Gasteiger partial charge in [0.25, 0.3) is 5.91 Å². The van der Waals surface area contributed by atoms with Gasteiger partial charge in [-0.3, -0.25) is 10.1 Å². The third kappa shape index (κ3) is 5.41. The van der Waals surface area contributed by atoms with Crippen molar-refractivity contribution in [2.24, 2.45) is 0 Å². The van der Waals surface area contributed by atoms with Crippen molar-refractivity contribution >= 4 is 63.2 Å². The fourth-order valence-electron chi connectivity index (χ4n) is 3.13. The van der Waals surface area contributed by atoms with Gasteiger partial charge in [-0.05, 0) is 74.1 Å². The summed E-state index contributed by atoms with van der Waals surface area (Å²) in [7, 11) is 0. The second kappa shape index (κ2) is 9.89. The highest BCUT2D eigenvalue weighted by Crippen LogP contribution is 2.33. The van der Waals surface area contributed by atoms with E-state index in [0.29, 0.717) is 39.0 Å². The summed E-state index contributed by atoms with van der Waals surface area (Å²) in [5, 5.41) is 16.7. The number of hydrogen-bond donors (Lipinski definition) is 3. The van der Waals surface area contributed by atoms with Crippen molar-refractivity contribution in [3.63, 3.8) is 0 Å². The number of oxazole rings is 1. The van der Waals surface area contributed by atoms with Crippen molar-refractivity contribution in [1.29, 1.82) is 0 Å². The van der Waals surface area contributed by atoms with Crippen LogP contribution in [0.3, 0.4) is 0 Å². The summed E-state index contributed by atoms with van der Waals surface area (Å²) >= 11 is 17.2. The number of phenols is 1. The molecule has 0 saturated heterocycles. The van der Waals surface area contributed by atoms with Crippen molar-refractivity contribution in [2.45, 2.75) is 20.0 Å². The molecule has 0 aliphatic carbocycles. The predicted octanol–water partition coefficient (Wildman–Crippen LogP) is 6.10. The van der Waals surface area contributed by atoms with Gasteiger partial charge in [0.05, 0.1) is 10.6 Å². The maximum absolute atomic E-state index is 12.4. The van der Waals surface area contributed by atoms with Gasteiger partial charge in [-0.1, -0.05) is 29.3 Å². The number of carbonyl (C=O) groups excluding carboxylic acids is 1. The van der Waals surface area contributed by atoms with Crippen LogP contribution in [-0.2, 0) is 4.79 Å². The lowest BCUT2D eigenvalue weighted by molar-refractivity contribution is -0.125. The first-order valence-corrected chi connectivity index (χ1v) is 11.3. The summed E-state index contributed by atoms with van der Waals surface area (Å²) in [6.07, 6.45) is -0.878. The molecule has 0 bridgehead atoms. The van der Waals surface area contributed by atoms with Gasteiger partial charge in [-0.2, -0.15) is 0 Å². The van der Waals surface area contributed by atoms with E-state index in [2.05, 4.69) is 15.6 Å². The molecular formula is C24H19Cl2N3O4S. The smallest absolute Gasteiger partial charge is 0.266 e. The molecule has 0 aliphatic heterocycles. The molecule has 0 aliphatic rings. The van der Waals surface area contributed by atoms with E-state index < -0.39 is 12.0 Å². The first-order chi connectivity index (χ1) is 16.2. The van der Waals surface area contributed by atoms with Gasteiger partial charge in [-0.15, -0.1) is 0 Å². The number of rotatable bonds is 5. The van der Waals surface area contributed by atoms with Gasteiger partial charge < -0.3 is 19.6 Å². The Morgan fingerprint density at radius 1 is 1.15 bits per heavy atom. The predicted molar refractivity (Wildman–Crippen MR) is 137 cm³/mol. The maximum Gasteiger partial charge on any atom is 0.266 e. The largest absolute Gasteiger partial charge is 0.507 e. The molecule has 34 heavy (non-hydrogen) atoms. The molecule has 1 amide bonds. The summed E-state index contributed by atoms with van der Waals surface area (Å²) in [5.41, 5.74) is 3.28. The van der Waals surface area contributed by atoms with Gasteiger partial charge in [-0.25, -0.2) is 4.98 Å². The summed E-state index contributed by atoms with van der Waals surface area (Å²) in [6.45, 7) is 3.53. The van der Waals surface area contributed by atoms with Crippen molar-refractivity contribution < 1.29 is 19.1 Å². The third-order valence-corrected chi connectivity index (χ3v) is 5.57. The second-order valence-electron chi connectivity index (χ2n) is 7.50. The Balaban J connectivity index is 1.39. The lowest BCUT2D eigenvalue weighted by atomic mass is 10.2. The van der Waals surface area contributed by atoms with Crippen LogP contribution in [0.1, 0.15) is 12.5 Å². The van der Waals surface area contributed by atoms with E-state index in [9.17, 15) is 9.90 Å². The second-order valence-corrected chi connectivity index (χ2v) is 8.75. The third-order valence-electron chi connectivity index (χ3n) is 4.83. The Hall–Kier alpha value is -3.33. The molecule has 0 fully saturated rings. The van der Waals surface area contributed by atoms with Crippen LogP contribution in [0.5, 0.6) is 11.5 Å². The molecule has 1 atom stereocenters. The zero-order valence-electron chi connectivity index (χ0n) is 18.1. The van der Waals surface area contributed by atoms with E-state index in [1.165, 1.54) is 12.1 Å². The Morgan fingerprint density at radius 3 is 2.68 bits per heavy atom. The van der Waals surface area contributed by atoms with E-state index in [1.54, 1.807) is 31.2 Å². The topological polar surface area (TPSA) is 96.6 Å². The number of thiocarbonyl (C=S) groups is 1. The number of nitrogens with one attached hydrogen (secondary N) is 2. The van der Waals surface area contributed by atoms with E-state index in [4.69, 9.17) is 44.6 Å². The first kappa shape index (κ1) is 23.8. The van der Waals surface area contributed by atoms with Crippen LogP contribution in [0.4, 0.5) is 5.69 Å². The number of amides is 1. The number of hydrogen-bond acceptors (Lipinski definition) is 6. The highest BCUT2D eigenvalue weighted by Gasteiger charge is 2.18. The monoisotopic (exact) mass is 515 g/mol. The van der Waals surface area contributed by atoms with Crippen LogP contribution in [0.25, 0.3) is 22.6 Å². The number of nitrogens with zero attached hydrogens (tertiary/aromatic N) is 1. The summed E-state index contributed by atoms with van der Waals surface area (Å²) in [4.78, 5) is 16.9. The van der Waals surface area contributed by atoms with Crippen LogP contribution >= 0.6 is 35.4 Å². The number of anilines is 1. The maximum atomic E-state index is 12.4. The zero-order valence-corrected chi connectivity index (χ0v) is 20.4. The average Bonchev–Trinajstić information content (AvgIpc) is 3.18. The van der Waals surface area contributed by atoms with Crippen LogP contribution in [0.2, 0.25) is 10.0 Å². The Labute approximate surface area is 210 Å². The van der Waals surface area contributed by atoms with Gasteiger partial charge in [0.1, 0.15) is 17.0 Å². The zero-order chi connectivity index (χ0) is 24.4. The molecular weight excluding hydrogens is 497 g/mol. The number of aromatic hydroxyl groups is 1. The number of ether oxygens (including phenoxy) is 1. The quantitative estimate of drug-likeness (QED) is 0.276. The van der Waals surface area contributed by atoms with E-state index >= 15 is 0 Å². The van der Waals surface area contributed by atoms with Crippen LogP contribution in [0, 0.1) is 6.92 Å². The molecule has 3 aromatic carbocycles. The SMILES string of the molecule is Cc1ccc2oc(-c3ccc(NC(=S)NC(=O)C(C)Oc4ccc(Cl)cc4Cl)cc3O)nc2c1. The van der Waals surface area contributed by atoms with E-state index in [0.717, 1.165) is 5.56 Å². The molecule has 1 aromatic heterocycles. The number of aromatic nitrogens is 1. The number of benzene rings is 3. The Kier molecular flexibility index (Phi) is 6.92. The minimum Gasteiger partial charge on any atom is -0.507 e. The van der Waals surface area contributed by atoms with Crippen molar-refractivity contribution in [3.8, 4) is 23.0 Å². The highest BCUT2D eigenvalue weighted by molar-refractivity contribution is 7.80. The fourth-order valence-corrected chi connectivity index (χ4v) is 3.81. The molecule has 0 spiro atoms. The average molecular weight is 516 g/mol. The van der Waals surface area contributed by atoms with Gasteiger partial charge >= 0.3 is 0 Å². The fraction of sp³-hybridized carbons (Fsp3) is 0.125. The number of aryl methyl sites for hydroxylation is 1. The molecule has 0 saturated carbocycles. The number of carbonyl (C=O) groups is 1. The first-order valence-electron chi connectivity index (χ1n) is 10.1. The van der Waals surface area contributed by atoms with Crippen LogP contribution in [-0.4, -0.2) is 27.2 Å². The summed E-state index contributed by atoms with van der Waals surface area (Å²) in [5.74, 6) is 0.0810. The molecule has 0 radical (unpaired) electrons. The van der Waals surface area contributed by atoms with E-state index in [1.807, 2.05) is 25.1 Å². The Morgan fingerprint density at radius 2 is 1.94 bits per heavy atom. The van der Waals surface area contributed by atoms with Crippen molar-refractivity contribution in [2.75, 3.05) is 5.32 Å². The molecule has 1 heterocycles. The van der Waals surface area contributed by atoms with Crippen LogP contribution < -0.4 is 15.4 Å². The number of halogens is 2. The Bertz CT molecular complexity index is 1410. The molecule has 3 N–H and O–H groups in total. The van der Waals surface area contributed by atoms with Crippen molar-refractivity contribution in [1.82, 2.24) is 10.3 Å². The highest BCUT2D eigenvalue weighted by atomic mass is 35.5. The normalized spacial score (nSPS) is 11.8. The molecule has 1 unspecified atom stereocenters. The van der Waals surface area contributed by atoms with Gasteiger partial charge in [0.15, 0.2) is 16.8 Å². The van der Waals surface area contributed by atoms with Gasteiger partial charge in [0, 0.05) is 16.8 Å². The molecule has 4 rings (SSSR count). The molecule has 10 heteroatoms. The molecule has 7 nitrogen and oxygen atoms in total. The van der Waals surface area contributed by atoms with Crippen LogP contribution in [0.15, 0.2) is 59.0 Å². The minimum absolute atomic E-state index is 0.0344. The van der Waals surface area contributed by atoms with Crippen molar-refractivity contribution in [3.05, 3.63) is 70.2 Å². The minimum atomic E-state index is -0.878. The van der Waals surface area contributed by atoms with Gasteiger partial charge in [0.2, 0.25) is 5.89 Å². The molecule has 4 aromatic rings. The lowest BCUT2D eigenvalue weighted by Gasteiger charge is -2.17. The summed E-state index contributed by atoms with van der Waals surface area (Å²) < 4.78 is 11.3. The number of phenolic OH excluding ortho intramolecular Hbond substituents is 1. The number of fused-ring (bicyclic) bond motifs is 1.